The number of para-hydroxylation sites is 1. The molecule has 0 aromatic heterocycles. The van der Waals surface area contributed by atoms with Gasteiger partial charge in [0.1, 0.15) is 11.5 Å². The monoisotopic (exact) mass is 476 g/mol. The Labute approximate surface area is 201 Å². The maximum absolute atomic E-state index is 12.2. The molecule has 3 aromatic rings. The number of rotatable bonds is 10. The molecule has 0 saturated heterocycles. The van der Waals surface area contributed by atoms with Crippen LogP contribution in [-0.2, 0) is 14.3 Å². The molecule has 0 aliphatic heterocycles. The van der Waals surface area contributed by atoms with E-state index in [0.29, 0.717) is 11.4 Å². The van der Waals surface area contributed by atoms with Crippen molar-refractivity contribution in [2.24, 2.45) is 0 Å². The minimum atomic E-state index is -0.701. The van der Waals surface area contributed by atoms with Crippen LogP contribution in [0.2, 0.25) is 0 Å². The van der Waals surface area contributed by atoms with Gasteiger partial charge in [0.2, 0.25) is 5.91 Å². The van der Waals surface area contributed by atoms with Crippen LogP contribution < -0.4 is 10.1 Å². The molecule has 0 heterocycles. The number of nitrogens with one attached hydrogen (secondary N) is 1. The molecule has 3 rings (SSSR count). The molecule has 1 N–H and O–H groups in total. The maximum Gasteiger partial charge on any atom is 0.306 e. The van der Waals surface area contributed by atoms with Crippen molar-refractivity contribution in [3.05, 3.63) is 93.5 Å². The number of aryl methyl sites for hydroxylation is 2. The van der Waals surface area contributed by atoms with Gasteiger partial charge in [0, 0.05) is 29.8 Å². The lowest BCUT2D eigenvalue weighted by atomic mass is 10.1. The third-order valence-corrected chi connectivity index (χ3v) is 5.09. The summed E-state index contributed by atoms with van der Waals surface area (Å²) in [5.74, 6) is -0.169. The van der Waals surface area contributed by atoms with Crippen LogP contribution in [-0.4, -0.2) is 29.2 Å². The SMILES string of the molecule is Cc1cccc(C)c1Oc1ccc(NC(=O)CCC(=O)OCC(=O)c2ccc([N+](=O)[O-])cc2)cc1. The van der Waals surface area contributed by atoms with Crippen molar-refractivity contribution in [2.45, 2.75) is 26.7 Å². The number of nitro benzene ring substituents is 1. The van der Waals surface area contributed by atoms with Crippen molar-refractivity contribution in [1.82, 2.24) is 0 Å². The lowest BCUT2D eigenvalue weighted by Crippen LogP contribution is -2.17. The lowest BCUT2D eigenvalue weighted by Gasteiger charge is -2.12. The molecule has 0 unspecified atom stereocenters. The van der Waals surface area contributed by atoms with E-state index >= 15 is 0 Å². The highest BCUT2D eigenvalue weighted by atomic mass is 16.6. The number of hydrogen-bond donors (Lipinski definition) is 1. The molecule has 0 aliphatic carbocycles. The Hall–Kier alpha value is -4.53. The van der Waals surface area contributed by atoms with Gasteiger partial charge in [-0.1, -0.05) is 18.2 Å². The highest BCUT2D eigenvalue weighted by Gasteiger charge is 2.14. The molecule has 3 aromatic carbocycles. The Morgan fingerprint density at radius 1 is 0.886 bits per heavy atom. The fraction of sp³-hybridized carbons (Fsp3) is 0.192. The highest BCUT2D eigenvalue weighted by molar-refractivity contribution is 5.98. The molecule has 0 spiro atoms. The van der Waals surface area contributed by atoms with E-state index in [0.717, 1.165) is 16.9 Å². The van der Waals surface area contributed by atoms with E-state index in [2.05, 4.69) is 5.32 Å². The van der Waals surface area contributed by atoms with Crippen LogP contribution in [0, 0.1) is 24.0 Å². The number of esters is 1. The van der Waals surface area contributed by atoms with Gasteiger partial charge < -0.3 is 14.8 Å². The summed E-state index contributed by atoms with van der Waals surface area (Å²) in [6, 6.07) is 17.7. The minimum absolute atomic E-state index is 0.120. The summed E-state index contributed by atoms with van der Waals surface area (Å²) in [7, 11) is 0. The van der Waals surface area contributed by atoms with Crippen LogP contribution in [0.25, 0.3) is 0 Å². The van der Waals surface area contributed by atoms with Crippen molar-refractivity contribution >= 4 is 29.0 Å². The maximum atomic E-state index is 12.2. The summed E-state index contributed by atoms with van der Waals surface area (Å²) in [5.41, 5.74) is 2.62. The molecule has 0 atom stereocenters. The Morgan fingerprint density at radius 2 is 1.51 bits per heavy atom. The number of Topliss-reactive ketones (excluding diaryl/α,β-unsaturated/α-hetero) is 1. The molecule has 1 amide bonds. The molecule has 35 heavy (non-hydrogen) atoms. The Kier molecular flexibility index (Phi) is 8.29. The number of amides is 1. The van der Waals surface area contributed by atoms with Crippen LogP contribution in [0.15, 0.2) is 66.7 Å². The van der Waals surface area contributed by atoms with Crippen molar-refractivity contribution in [3.8, 4) is 11.5 Å². The fourth-order valence-corrected chi connectivity index (χ4v) is 3.19. The molecule has 9 nitrogen and oxygen atoms in total. The molecule has 0 aliphatic rings. The quantitative estimate of drug-likeness (QED) is 0.186. The molecule has 180 valence electrons. The zero-order valence-corrected chi connectivity index (χ0v) is 19.3. The molecule has 0 bridgehead atoms. The predicted octanol–water partition coefficient (Wildman–Crippen LogP) is 5.15. The number of nitro groups is 1. The second-order valence-electron chi connectivity index (χ2n) is 7.78. The van der Waals surface area contributed by atoms with Crippen LogP contribution in [0.4, 0.5) is 11.4 Å². The van der Waals surface area contributed by atoms with Crippen LogP contribution >= 0.6 is 0 Å². The third kappa shape index (κ3) is 7.23. The van der Waals surface area contributed by atoms with Crippen molar-refractivity contribution in [3.63, 3.8) is 0 Å². The largest absolute Gasteiger partial charge is 0.457 e. The van der Waals surface area contributed by atoms with Crippen molar-refractivity contribution < 1.29 is 28.8 Å². The number of ketones is 1. The first-order valence-electron chi connectivity index (χ1n) is 10.8. The van der Waals surface area contributed by atoms with Crippen LogP contribution in [0.5, 0.6) is 11.5 Å². The van der Waals surface area contributed by atoms with E-state index in [1.165, 1.54) is 24.3 Å². The van der Waals surface area contributed by atoms with Gasteiger partial charge in [-0.05, 0) is 61.4 Å². The number of ether oxygens (including phenoxy) is 2. The topological polar surface area (TPSA) is 125 Å². The van der Waals surface area contributed by atoms with E-state index in [-0.39, 0.29) is 30.0 Å². The highest BCUT2D eigenvalue weighted by Crippen LogP contribution is 2.29. The zero-order chi connectivity index (χ0) is 25.4. The smallest absolute Gasteiger partial charge is 0.306 e. The number of hydrogen-bond acceptors (Lipinski definition) is 7. The number of carbonyl (C=O) groups is 3. The number of anilines is 1. The van der Waals surface area contributed by atoms with Gasteiger partial charge in [-0.2, -0.15) is 0 Å². The van der Waals surface area contributed by atoms with Crippen molar-refractivity contribution in [2.75, 3.05) is 11.9 Å². The Morgan fingerprint density at radius 3 is 2.11 bits per heavy atom. The van der Waals surface area contributed by atoms with E-state index in [1.807, 2.05) is 32.0 Å². The second kappa shape index (κ2) is 11.6. The fourth-order valence-electron chi connectivity index (χ4n) is 3.19. The first-order valence-corrected chi connectivity index (χ1v) is 10.8. The summed E-state index contributed by atoms with van der Waals surface area (Å²) in [6.07, 6.45) is -0.321. The second-order valence-corrected chi connectivity index (χ2v) is 7.78. The molecular weight excluding hydrogens is 452 g/mol. The van der Waals surface area contributed by atoms with Gasteiger partial charge in [0.25, 0.3) is 5.69 Å². The van der Waals surface area contributed by atoms with Crippen LogP contribution in [0.3, 0.4) is 0 Å². The van der Waals surface area contributed by atoms with E-state index in [4.69, 9.17) is 9.47 Å². The van der Waals surface area contributed by atoms with Gasteiger partial charge in [-0.3, -0.25) is 24.5 Å². The first-order chi connectivity index (χ1) is 16.7. The first kappa shape index (κ1) is 25.1. The normalized spacial score (nSPS) is 10.3. The lowest BCUT2D eigenvalue weighted by molar-refractivity contribution is -0.384. The molecule has 0 saturated carbocycles. The minimum Gasteiger partial charge on any atom is -0.457 e. The Bertz CT molecular complexity index is 1220. The standard InChI is InChI=1S/C26H24N2O7/c1-17-4-3-5-18(2)26(17)35-22-12-8-20(9-13-22)27-24(30)14-15-25(31)34-16-23(29)19-6-10-21(11-7-19)28(32)33/h3-13H,14-16H2,1-2H3,(H,27,30). The summed E-state index contributed by atoms with van der Waals surface area (Å²) >= 11 is 0. The van der Waals surface area contributed by atoms with Gasteiger partial charge in [-0.25, -0.2) is 0 Å². The van der Waals surface area contributed by atoms with Gasteiger partial charge in [-0.15, -0.1) is 0 Å². The number of nitrogens with zero attached hydrogens (tertiary/aromatic N) is 1. The van der Waals surface area contributed by atoms with Gasteiger partial charge in [0.05, 0.1) is 11.3 Å². The number of benzene rings is 3. The van der Waals surface area contributed by atoms with E-state index in [9.17, 15) is 24.5 Å². The number of non-ortho nitro benzene ring substituents is 1. The summed E-state index contributed by atoms with van der Waals surface area (Å²) < 4.78 is 10.9. The predicted molar refractivity (Wildman–Crippen MR) is 129 cm³/mol. The molecular formula is C26H24N2O7. The summed E-state index contributed by atoms with van der Waals surface area (Å²) in [4.78, 5) is 46.2. The molecule has 0 radical (unpaired) electrons. The molecule has 9 heteroatoms. The summed E-state index contributed by atoms with van der Waals surface area (Å²) in [6.45, 7) is 3.42. The van der Waals surface area contributed by atoms with Crippen molar-refractivity contribution in [1.29, 1.82) is 0 Å². The third-order valence-electron chi connectivity index (χ3n) is 5.09. The number of carbonyl (C=O) groups excluding carboxylic acids is 3. The van der Waals surface area contributed by atoms with E-state index in [1.54, 1.807) is 24.3 Å². The summed E-state index contributed by atoms with van der Waals surface area (Å²) in [5, 5.41) is 13.3. The van der Waals surface area contributed by atoms with Gasteiger partial charge in [0.15, 0.2) is 12.4 Å². The molecule has 0 fully saturated rings. The Balaban J connectivity index is 1.42. The van der Waals surface area contributed by atoms with E-state index < -0.39 is 23.3 Å². The average Bonchev–Trinajstić information content (AvgIpc) is 2.84. The van der Waals surface area contributed by atoms with Crippen LogP contribution in [0.1, 0.15) is 34.3 Å². The average molecular weight is 476 g/mol. The van der Waals surface area contributed by atoms with Gasteiger partial charge >= 0.3 is 5.97 Å². The zero-order valence-electron chi connectivity index (χ0n) is 19.3.